The summed E-state index contributed by atoms with van der Waals surface area (Å²) in [5.41, 5.74) is 6.99. The summed E-state index contributed by atoms with van der Waals surface area (Å²) in [5, 5.41) is 45.0. The summed E-state index contributed by atoms with van der Waals surface area (Å²) in [6.07, 6.45) is 4.59. The Balaban J connectivity index is 0.000000188. The number of carboxylic acids is 2. The first kappa shape index (κ1) is 44.6. The Labute approximate surface area is 378 Å². The molecule has 5 aromatic carbocycles. The number of anilines is 3. The molecule has 20 heteroatoms. The molecule has 0 saturated heterocycles. The molecule has 4 heterocycles. The van der Waals surface area contributed by atoms with E-state index in [1.54, 1.807) is 42.5 Å². The van der Waals surface area contributed by atoms with Gasteiger partial charge in [0.2, 0.25) is 10.3 Å². The van der Waals surface area contributed by atoms with Crippen molar-refractivity contribution in [1.29, 1.82) is 5.26 Å². The van der Waals surface area contributed by atoms with E-state index in [2.05, 4.69) is 41.4 Å². The maximum atomic E-state index is 12.2. The minimum atomic E-state index is -4.54. The molecular formula is C43H35N9NiO7S3. The molecule has 0 atom stereocenters. The van der Waals surface area contributed by atoms with Crippen molar-refractivity contribution >= 4 is 104 Å². The number of fused-ring (bicyclic) bond motifs is 4. The number of azo groups is 2. The van der Waals surface area contributed by atoms with Crippen LogP contribution in [0.3, 0.4) is 0 Å². The molecule has 7 aromatic rings. The van der Waals surface area contributed by atoms with E-state index in [4.69, 9.17) is 10.4 Å². The monoisotopic (exact) mass is 943 g/mol. The number of nitrogens with zero attached hydrogens (tertiary/aromatic N) is 9. The first-order valence-corrected chi connectivity index (χ1v) is 22.3. The number of para-hydroxylation sites is 1. The van der Waals surface area contributed by atoms with Crippen LogP contribution in [0.1, 0.15) is 56.7 Å². The van der Waals surface area contributed by atoms with E-state index in [1.807, 2.05) is 42.3 Å². The summed E-state index contributed by atoms with van der Waals surface area (Å²) in [5.74, 6) is -2.07. The van der Waals surface area contributed by atoms with E-state index in [0.29, 0.717) is 31.6 Å². The minimum Gasteiger partial charge on any atom is -0.478 e. The van der Waals surface area contributed by atoms with Gasteiger partial charge in [-0.2, -0.15) is 13.7 Å². The third-order valence-electron chi connectivity index (χ3n) is 10.3. The Morgan fingerprint density at radius 1 is 0.730 bits per heavy atom. The summed E-state index contributed by atoms with van der Waals surface area (Å²) in [7, 11) is -2.58. The van der Waals surface area contributed by atoms with Gasteiger partial charge in [0.25, 0.3) is 10.1 Å². The average Bonchev–Trinajstić information content (AvgIpc) is 3.83. The van der Waals surface area contributed by atoms with Crippen LogP contribution in [0.2, 0.25) is 0 Å². The smallest absolute Gasteiger partial charge is 0.338 e. The Hall–Kier alpha value is -6.49. The third-order valence-corrected chi connectivity index (χ3v) is 13.0. The molecule has 322 valence electrons. The van der Waals surface area contributed by atoms with Crippen LogP contribution in [0.5, 0.6) is 0 Å². The second-order valence-electron chi connectivity index (χ2n) is 14.4. The number of nitriles is 1. The van der Waals surface area contributed by atoms with Crippen LogP contribution in [-0.4, -0.2) is 65.2 Å². The topological polar surface area (TPSA) is 234 Å². The Bertz CT molecular complexity index is 3110. The van der Waals surface area contributed by atoms with Crippen LogP contribution < -0.4 is 9.80 Å². The van der Waals surface area contributed by atoms with E-state index in [9.17, 15) is 27.7 Å². The number of carbonyl (C=O) groups is 2. The van der Waals surface area contributed by atoms with Crippen LogP contribution in [0.25, 0.3) is 20.4 Å². The number of rotatable bonds is 8. The van der Waals surface area contributed by atoms with Crippen molar-refractivity contribution in [1.82, 2.24) is 9.97 Å². The summed E-state index contributed by atoms with van der Waals surface area (Å²) < 4.78 is 35.8. The second-order valence-corrected chi connectivity index (χ2v) is 17.8. The van der Waals surface area contributed by atoms with Gasteiger partial charge in [-0.25, -0.2) is 19.6 Å². The Kier molecular flexibility index (Phi) is 13.3. The Morgan fingerprint density at radius 3 is 2.03 bits per heavy atom. The van der Waals surface area contributed by atoms with Crippen molar-refractivity contribution in [3.8, 4) is 6.07 Å². The van der Waals surface area contributed by atoms with E-state index in [0.717, 1.165) is 78.1 Å². The zero-order chi connectivity index (χ0) is 43.5. The predicted molar refractivity (Wildman–Crippen MR) is 237 cm³/mol. The molecule has 2 aromatic heterocycles. The molecule has 0 fully saturated rings. The SMILES string of the molecule is CN1CCCCc2cc(N=Nc3nc4ccc(C(=O)O)cc4s3)c(C(=O)O)cc21.N#Cc1ccc2nc(N=Nc3cc4c(cc3S(=O)(=O)O)N(c3ccccc3)CCC4)sc2c1.[Ni]. The average molecular weight is 945 g/mol. The van der Waals surface area contributed by atoms with Crippen molar-refractivity contribution in [2.45, 2.75) is 37.0 Å². The number of thiazole rings is 2. The fraction of sp³-hybridized carbons (Fsp3) is 0.186. The molecule has 3 N–H and O–H groups in total. The number of benzene rings is 5. The molecule has 0 aliphatic carbocycles. The van der Waals surface area contributed by atoms with Crippen LogP contribution in [0.15, 0.2) is 116 Å². The van der Waals surface area contributed by atoms with Crippen molar-refractivity contribution < 1.29 is 49.3 Å². The molecule has 0 saturated carbocycles. The number of carboxylic acid groups (broad SMARTS) is 2. The van der Waals surface area contributed by atoms with Gasteiger partial charge >= 0.3 is 11.9 Å². The second kappa shape index (κ2) is 18.9. The molecule has 2 aliphatic heterocycles. The van der Waals surface area contributed by atoms with Crippen molar-refractivity contribution in [3.05, 3.63) is 119 Å². The molecule has 0 spiro atoms. The normalized spacial score (nSPS) is 13.8. The molecular weight excluding hydrogens is 909 g/mol. The minimum absolute atomic E-state index is 0. The number of aromatic nitrogens is 2. The maximum absolute atomic E-state index is 12.2. The van der Waals surface area contributed by atoms with Crippen molar-refractivity contribution in [3.63, 3.8) is 0 Å². The van der Waals surface area contributed by atoms with Gasteiger partial charge < -0.3 is 20.0 Å². The first-order chi connectivity index (χ1) is 29.8. The number of aryl methyl sites for hydroxylation is 2. The van der Waals surface area contributed by atoms with Crippen LogP contribution in [0, 0.1) is 11.3 Å². The quantitative estimate of drug-likeness (QED) is 0.0733. The number of aromatic carboxylic acids is 2. The third kappa shape index (κ3) is 9.93. The standard InChI is InChI=1S/C23H17N5O3S2.C20H18N4O4S.Ni/c24-14-15-8-9-18-21(11-15)32-23(25-18)27-26-19-12-16-5-4-10-28(17-6-2-1-3-7-17)20(16)13-22(19)33(29,30)31;1-24-7-3-2-4-11-8-15(13(19(27)28)10-16(11)24)22-23-20-21-14-6-5-12(18(25)26)9-17(14)29-20;/h1-3,6-9,11-13H,4-5,10H2,(H,29,30,31);5-6,8-10H,2-4,7H2,1H3,(H,25,26)(H,27,28);. The van der Waals surface area contributed by atoms with Gasteiger partial charge in [-0.1, -0.05) is 40.9 Å². The molecule has 0 radical (unpaired) electrons. The van der Waals surface area contributed by atoms with Crippen LogP contribution in [0.4, 0.5) is 38.7 Å². The van der Waals surface area contributed by atoms with Crippen LogP contribution >= 0.6 is 22.7 Å². The van der Waals surface area contributed by atoms with Gasteiger partial charge in [-0.15, -0.1) is 20.5 Å². The van der Waals surface area contributed by atoms with Gasteiger partial charge in [0.15, 0.2) is 0 Å². The fourth-order valence-electron chi connectivity index (χ4n) is 7.28. The fourth-order valence-corrected chi connectivity index (χ4v) is 9.56. The van der Waals surface area contributed by atoms with E-state index in [-0.39, 0.29) is 43.9 Å². The molecule has 9 rings (SSSR count). The largest absolute Gasteiger partial charge is 0.478 e. The van der Waals surface area contributed by atoms with Gasteiger partial charge in [-0.3, -0.25) is 4.55 Å². The molecule has 0 amide bonds. The van der Waals surface area contributed by atoms with Crippen molar-refractivity contribution in [2.75, 3.05) is 29.9 Å². The van der Waals surface area contributed by atoms with Gasteiger partial charge in [0.1, 0.15) is 16.3 Å². The summed E-state index contributed by atoms with van der Waals surface area (Å²) in [6, 6.07) is 28.1. The summed E-state index contributed by atoms with van der Waals surface area (Å²) in [4.78, 5) is 35.4. The summed E-state index contributed by atoms with van der Waals surface area (Å²) in [6.45, 7) is 1.62. The van der Waals surface area contributed by atoms with Gasteiger partial charge in [0.05, 0.1) is 43.2 Å². The van der Waals surface area contributed by atoms with Crippen LogP contribution in [-0.2, 0) is 39.5 Å². The number of hydrogen-bond donors (Lipinski definition) is 3. The van der Waals surface area contributed by atoms with Gasteiger partial charge in [0, 0.05) is 53.7 Å². The van der Waals surface area contributed by atoms with E-state index >= 15 is 0 Å². The summed E-state index contributed by atoms with van der Waals surface area (Å²) >= 11 is 2.45. The first-order valence-electron chi connectivity index (χ1n) is 19.2. The van der Waals surface area contributed by atoms with Crippen molar-refractivity contribution in [2.24, 2.45) is 20.5 Å². The molecule has 2 aliphatic rings. The molecule has 16 nitrogen and oxygen atoms in total. The molecule has 0 unspecified atom stereocenters. The maximum Gasteiger partial charge on any atom is 0.338 e. The molecule has 0 bridgehead atoms. The number of hydrogen-bond acceptors (Lipinski definition) is 15. The van der Waals surface area contributed by atoms with Gasteiger partial charge in [-0.05, 0) is 116 Å². The Morgan fingerprint density at radius 2 is 1.37 bits per heavy atom. The van der Waals surface area contributed by atoms with E-state index in [1.165, 1.54) is 40.9 Å². The zero-order valence-electron chi connectivity index (χ0n) is 33.2. The molecule has 63 heavy (non-hydrogen) atoms. The predicted octanol–water partition coefficient (Wildman–Crippen LogP) is 10.8. The van der Waals surface area contributed by atoms with E-state index < -0.39 is 22.1 Å². The zero-order valence-corrected chi connectivity index (χ0v) is 36.6.